The van der Waals surface area contributed by atoms with Crippen molar-refractivity contribution in [1.29, 1.82) is 0 Å². The number of nitrogens with zero attached hydrogens (tertiary/aromatic N) is 1. The Morgan fingerprint density at radius 1 is 1.14 bits per heavy atom. The number of cyclic esters (lactones) is 1. The average molecular weight is 378 g/mol. The molecule has 144 valence electrons. The summed E-state index contributed by atoms with van der Waals surface area (Å²) < 4.78 is 4.92. The third-order valence-electron chi connectivity index (χ3n) is 5.51. The molecule has 0 saturated carbocycles. The number of likely N-dealkylation sites (tertiary alicyclic amines) is 1. The van der Waals surface area contributed by atoms with Crippen LogP contribution in [0.3, 0.4) is 0 Å². The van der Waals surface area contributed by atoms with Crippen molar-refractivity contribution in [3.05, 3.63) is 71.3 Å². The van der Waals surface area contributed by atoms with E-state index in [4.69, 9.17) is 4.74 Å². The van der Waals surface area contributed by atoms with Crippen LogP contribution in [0.2, 0.25) is 0 Å². The van der Waals surface area contributed by atoms with Crippen molar-refractivity contribution in [2.24, 2.45) is 0 Å². The lowest BCUT2D eigenvalue weighted by Gasteiger charge is -2.24. The van der Waals surface area contributed by atoms with Crippen molar-refractivity contribution < 1.29 is 19.1 Å². The molecule has 2 heterocycles. The van der Waals surface area contributed by atoms with Crippen molar-refractivity contribution in [2.75, 3.05) is 13.7 Å². The minimum absolute atomic E-state index is 0.0193. The second-order valence-electron chi connectivity index (χ2n) is 7.38. The van der Waals surface area contributed by atoms with Gasteiger partial charge in [0.1, 0.15) is 12.6 Å². The molecule has 3 atom stereocenters. The number of benzene rings is 2. The topological polar surface area (TPSA) is 75.7 Å². The van der Waals surface area contributed by atoms with Gasteiger partial charge in [0.25, 0.3) is 0 Å². The summed E-state index contributed by atoms with van der Waals surface area (Å²) >= 11 is 0. The van der Waals surface area contributed by atoms with E-state index in [9.17, 15) is 14.4 Å². The number of ether oxygens (including phenoxy) is 1. The van der Waals surface area contributed by atoms with Crippen molar-refractivity contribution >= 4 is 17.8 Å². The van der Waals surface area contributed by atoms with Crippen molar-refractivity contribution in [1.82, 2.24) is 10.2 Å². The van der Waals surface area contributed by atoms with E-state index in [1.165, 1.54) is 0 Å². The Kier molecular flexibility index (Phi) is 4.86. The fourth-order valence-corrected chi connectivity index (χ4v) is 4.07. The number of carbonyl (C=O) groups is 3. The highest BCUT2D eigenvalue weighted by Gasteiger charge is 2.43. The number of rotatable bonds is 5. The predicted octanol–water partition coefficient (Wildman–Crippen LogP) is 2.53. The summed E-state index contributed by atoms with van der Waals surface area (Å²) in [7, 11) is 1.70. The maximum Gasteiger partial charge on any atom is 0.407 e. The Labute approximate surface area is 163 Å². The van der Waals surface area contributed by atoms with Crippen LogP contribution in [0.5, 0.6) is 0 Å². The van der Waals surface area contributed by atoms with Crippen molar-refractivity contribution in [2.45, 2.75) is 30.8 Å². The van der Waals surface area contributed by atoms with E-state index >= 15 is 0 Å². The van der Waals surface area contributed by atoms with E-state index in [0.29, 0.717) is 25.0 Å². The number of hydrogen-bond donors (Lipinski definition) is 1. The lowest BCUT2D eigenvalue weighted by atomic mass is 9.87. The van der Waals surface area contributed by atoms with Crippen LogP contribution in [0, 0.1) is 0 Å². The highest BCUT2D eigenvalue weighted by atomic mass is 16.6. The largest absolute Gasteiger partial charge is 0.447 e. The summed E-state index contributed by atoms with van der Waals surface area (Å²) in [4.78, 5) is 38.5. The summed E-state index contributed by atoms with van der Waals surface area (Å²) in [6, 6.07) is 16.5. The zero-order valence-corrected chi connectivity index (χ0v) is 15.6. The molecule has 2 aliphatic heterocycles. The molecule has 6 heteroatoms. The van der Waals surface area contributed by atoms with Gasteiger partial charge in [-0.1, -0.05) is 48.5 Å². The van der Waals surface area contributed by atoms with Gasteiger partial charge in [0.05, 0.1) is 6.04 Å². The van der Waals surface area contributed by atoms with Crippen molar-refractivity contribution in [3.63, 3.8) is 0 Å². The molecule has 4 rings (SSSR count). The van der Waals surface area contributed by atoms with Gasteiger partial charge in [-0.05, 0) is 23.6 Å². The fraction of sp³-hybridized carbons (Fsp3) is 0.318. The van der Waals surface area contributed by atoms with E-state index in [-0.39, 0.29) is 23.7 Å². The van der Waals surface area contributed by atoms with Gasteiger partial charge in [0.2, 0.25) is 5.91 Å². The summed E-state index contributed by atoms with van der Waals surface area (Å²) in [5.41, 5.74) is 2.53. The maximum atomic E-state index is 13.3. The molecular weight excluding hydrogens is 356 g/mol. The Morgan fingerprint density at radius 2 is 1.93 bits per heavy atom. The van der Waals surface area contributed by atoms with E-state index in [2.05, 4.69) is 5.32 Å². The first-order valence-corrected chi connectivity index (χ1v) is 9.40. The molecule has 0 radical (unpaired) electrons. The van der Waals surface area contributed by atoms with E-state index < -0.39 is 12.1 Å². The van der Waals surface area contributed by atoms with Crippen LogP contribution in [0.25, 0.3) is 0 Å². The number of hydrogen-bond acceptors (Lipinski definition) is 4. The molecule has 2 fully saturated rings. The second kappa shape index (κ2) is 7.46. The molecule has 0 bridgehead atoms. The van der Waals surface area contributed by atoms with Gasteiger partial charge < -0.3 is 15.0 Å². The third kappa shape index (κ3) is 3.50. The standard InChI is InChI=1S/C22H22N2O4/c1-24-19(25)12-18(15-7-3-2-4-8-15)20(24)21(26)16-9-5-6-14(10-16)11-17-13-28-22(27)23-17/h2-10,17-18,20H,11-13H2,1H3,(H,23,27)/t17-,18+,20+/m0/s1. The van der Waals surface area contributed by atoms with Gasteiger partial charge in [-0.15, -0.1) is 0 Å². The van der Waals surface area contributed by atoms with Gasteiger partial charge in [0, 0.05) is 24.9 Å². The Hall–Kier alpha value is -3.15. The number of nitrogens with one attached hydrogen (secondary N) is 1. The Balaban J connectivity index is 1.58. The van der Waals surface area contributed by atoms with E-state index in [0.717, 1.165) is 11.1 Å². The zero-order chi connectivity index (χ0) is 19.7. The van der Waals surface area contributed by atoms with Crippen LogP contribution in [0.4, 0.5) is 4.79 Å². The molecule has 2 saturated heterocycles. The van der Waals surface area contributed by atoms with Gasteiger partial charge in [-0.25, -0.2) is 4.79 Å². The summed E-state index contributed by atoms with van der Waals surface area (Å²) in [5, 5.41) is 2.75. The highest BCUT2D eigenvalue weighted by molar-refractivity contribution is 6.04. The molecule has 2 aromatic rings. The van der Waals surface area contributed by atoms with Crippen LogP contribution in [0.1, 0.15) is 33.8 Å². The van der Waals surface area contributed by atoms with Crippen LogP contribution in [0.15, 0.2) is 54.6 Å². The number of Topliss-reactive ketones (excluding diaryl/α,β-unsaturated/α-hetero) is 1. The molecule has 0 aromatic heterocycles. The fourth-order valence-electron chi connectivity index (χ4n) is 4.07. The smallest absolute Gasteiger partial charge is 0.407 e. The summed E-state index contributed by atoms with van der Waals surface area (Å²) in [5.74, 6) is -0.234. The van der Waals surface area contributed by atoms with Gasteiger partial charge >= 0.3 is 6.09 Å². The molecular formula is C22H22N2O4. The number of likely N-dealkylation sites (N-methyl/N-ethyl adjacent to an activating group) is 1. The first kappa shape index (κ1) is 18.2. The normalized spacial score (nSPS) is 24.2. The molecule has 2 aromatic carbocycles. The molecule has 28 heavy (non-hydrogen) atoms. The molecule has 6 nitrogen and oxygen atoms in total. The number of carbonyl (C=O) groups excluding carboxylic acids is 3. The number of amides is 2. The molecule has 0 unspecified atom stereocenters. The number of alkyl carbamates (subject to hydrolysis) is 1. The van der Waals surface area contributed by atoms with Gasteiger partial charge in [-0.2, -0.15) is 0 Å². The van der Waals surface area contributed by atoms with Crippen LogP contribution >= 0.6 is 0 Å². The predicted molar refractivity (Wildman–Crippen MR) is 103 cm³/mol. The molecule has 0 aliphatic carbocycles. The lowest BCUT2D eigenvalue weighted by molar-refractivity contribution is -0.127. The Bertz CT molecular complexity index is 912. The van der Waals surface area contributed by atoms with E-state index in [1.54, 1.807) is 18.0 Å². The number of ketones is 1. The molecule has 0 spiro atoms. The summed E-state index contributed by atoms with van der Waals surface area (Å²) in [6.07, 6.45) is 0.519. The van der Waals surface area contributed by atoms with Crippen LogP contribution < -0.4 is 5.32 Å². The third-order valence-corrected chi connectivity index (χ3v) is 5.51. The lowest BCUT2D eigenvalue weighted by Crippen LogP contribution is -2.38. The summed E-state index contributed by atoms with van der Waals surface area (Å²) in [6.45, 7) is 0.326. The first-order chi connectivity index (χ1) is 13.5. The monoisotopic (exact) mass is 378 g/mol. The van der Waals surface area contributed by atoms with Crippen LogP contribution in [-0.4, -0.2) is 48.4 Å². The molecule has 2 aliphatic rings. The molecule has 1 N–H and O–H groups in total. The van der Waals surface area contributed by atoms with Gasteiger partial charge in [0.15, 0.2) is 5.78 Å². The minimum Gasteiger partial charge on any atom is -0.447 e. The second-order valence-corrected chi connectivity index (χ2v) is 7.38. The van der Waals surface area contributed by atoms with Gasteiger partial charge in [-0.3, -0.25) is 9.59 Å². The van der Waals surface area contributed by atoms with Crippen molar-refractivity contribution in [3.8, 4) is 0 Å². The average Bonchev–Trinajstić information content (AvgIpc) is 3.25. The SMILES string of the molecule is CN1C(=O)C[C@H](c2ccccc2)[C@@H]1C(=O)c1cccc(C[C@H]2COC(=O)N2)c1. The quantitative estimate of drug-likeness (QED) is 0.812. The maximum absolute atomic E-state index is 13.3. The Morgan fingerprint density at radius 3 is 2.64 bits per heavy atom. The molecule has 2 amide bonds. The van der Waals surface area contributed by atoms with E-state index in [1.807, 2.05) is 48.5 Å². The first-order valence-electron chi connectivity index (χ1n) is 9.40. The minimum atomic E-state index is -0.514. The van der Waals surface area contributed by atoms with Crippen LogP contribution in [-0.2, 0) is 16.0 Å². The highest BCUT2D eigenvalue weighted by Crippen LogP contribution is 2.35. The zero-order valence-electron chi connectivity index (χ0n) is 15.6.